The first kappa shape index (κ1) is 15.8. The van der Waals surface area contributed by atoms with Gasteiger partial charge in [0.2, 0.25) is 0 Å². The van der Waals surface area contributed by atoms with E-state index in [1.807, 2.05) is 4.90 Å². The van der Waals surface area contributed by atoms with Crippen LogP contribution in [-0.2, 0) is 19.1 Å². The zero-order valence-electron chi connectivity index (χ0n) is 12.8. The number of hydrogen-bond acceptors (Lipinski definition) is 6. The monoisotopic (exact) mass is 296 g/mol. The minimum absolute atomic E-state index is 0.287. The maximum atomic E-state index is 11.8. The summed E-state index contributed by atoms with van der Waals surface area (Å²) in [4.78, 5) is 27.7. The van der Waals surface area contributed by atoms with Crippen LogP contribution in [0.4, 0.5) is 0 Å². The Hall–Kier alpha value is -1.56. The smallest absolute Gasteiger partial charge is 0.354 e. The molecule has 2 rings (SSSR count). The second kappa shape index (κ2) is 7.45. The van der Waals surface area contributed by atoms with E-state index in [2.05, 4.69) is 9.64 Å². The summed E-state index contributed by atoms with van der Waals surface area (Å²) in [5.74, 6) is -1.02. The van der Waals surface area contributed by atoms with Crippen LogP contribution in [-0.4, -0.2) is 68.2 Å². The Kier molecular flexibility index (Phi) is 5.61. The van der Waals surface area contributed by atoms with Crippen LogP contribution in [0.1, 0.15) is 25.7 Å². The van der Waals surface area contributed by atoms with Crippen molar-refractivity contribution in [1.29, 1.82) is 0 Å². The minimum atomic E-state index is -0.534. The fourth-order valence-corrected chi connectivity index (χ4v) is 3.15. The third kappa shape index (κ3) is 3.97. The van der Waals surface area contributed by atoms with Gasteiger partial charge in [0.15, 0.2) is 0 Å². The summed E-state index contributed by atoms with van der Waals surface area (Å²) in [6.45, 7) is 3.29. The standard InChI is InChI=1S/C15H24N2O4/c1-20-14(18)11-13(15(19)21-2)17-9-7-16(8-10-17)12-5-3-4-6-12/h11-12H,3-10H2,1-2H3/b13-11+. The number of piperazine rings is 1. The Bertz CT molecular complexity index is 408. The van der Waals surface area contributed by atoms with E-state index in [1.54, 1.807) is 0 Å². The van der Waals surface area contributed by atoms with Crippen molar-refractivity contribution >= 4 is 11.9 Å². The molecule has 0 N–H and O–H groups in total. The Morgan fingerprint density at radius 3 is 2.14 bits per heavy atom. The maximum Gasteiger partial charge on any atom is 0.354 e. The number of ether oxygens (including phenoxy) is 2. The normalized spacial score (nSPS) is 21.4. The summed E-state index contributed by atoms with van der Waals surface area (Å²) >= 11 is 0. The van der Waals surface area contributed by atoms with Gasteiger partial charge in [0, 0.05) is 32.2 Å². The highest BCUT2D eigenvalue weighted by atomic mass is 16.5. The maximum absolute atomic E-state index is 11.8. The van der Waals surface area contributed by atoms with Gasteiger partial charge < -0.3 is 14.4 Å². The molecule has 0 bridgehead atoms. The van der Waals surface area contributed by atoms with Crippen molar-refractivity contribution in [3.63, 3.8) is 0 Å². The van der Waals surface area contributed by atoms with E-state index in [4.69, 9.17) is 4.74 Å². The molecule has 21 heavy (non-hydrogen) atoms. The lowest BCUT2D eigenvalue weighted by Gasteiger charge is -2.39. The van der Waals surface area contributed by atoms with Crippen molar-refractivity contribution in [2.75, 3.05) is 40.4 Å². The van der Waals surface area contributed by atoms with Crippen LogP contribution in [0.2, 0.25) is 0 Å². The summed E-state index contributed by atoms with van der Waals surface area (Å²) in [5.41, 5.74) is 0.287. The van der Waals surface area contributed by atoms with E-state index < -0.39 is 11.9 Å². The predicted octanol–water partition coefficient (Wildman–Crippen LogP) is 0.776. The molecule has 1 saturated heterocycles. The first-order chi connectivity index (χ1) is 10.2. The molecule has 2 fully saturated rings. The molecule has 118 valence electrons. The number of hydrogen-bond donors (Lipinski definition) is 0. The zero-order chi connectivity index (χ0) is 15.2. The second-order valence-electron chi connectivity index (χ2n) is 5.51. The lowest BCUT2D eigenvalue weighted by atomic mass is 10.1. The van der Waals surface area contributed by atoms with Crippen LogP contribution in [0.15, 0.2) is 11.8 Å². The van der Waals surface area contributed by atoms with Gasteiger partial charge in [-0.1, -0.05) is 12.8 Å². The molecule has 0 aromatic carbocycles. The zero-order valence-corrected chi connectivity index (χ0v) is 12.8. The minimum Gasteiger partial charge on any atom is -0.466 e. The fraction of sp³-hybridized carbons (Fsp3) is 0.733. The van der Waals surface area contributed by atoms with Crippen molar-refractivity contribution in [2.24, 2.45) is 0 Å². The second-order valence-corrected chi connectivity index (χ2v) is 5.51. The van der Waals surface area contributed by atoms with Gasteiger partial charge in [-0.15, -0.1) is 0 Å². The van der Waals surface area contributed by atoms with E-state index in [9.17, 15) is 9.59 Å². The summed E-state index contributed by atoms with van der Waals surface area (Å²) < 4.78 is 9.38. The molecule has 0 unspecified atom stereocenters. The van der Waals surface area contributed by atoms with E-state index >= 15 is 0 Å². The molecular weight excluding hydrogens is 272 g/mol. The van der Waals surface area contributed by atoms with Gasteiger partial charge in [0.1, 0.15) is 5.70 Å². The first-order valence-corrected chi connectivity index (χ1v) is 7.52. The number of nitrogens with zero attached hydrogens (tertiary/aromatic N) is 2. The molecule has 0 amide bonds. The van der Waals surface area contributed by atoms with Gasteiger partial charge >= 0.3 is 11.9 Å². The SMILES string of the molecule is COC(=O)/C=C(\C(=O)OC)N1CCN(C2CCCC2)CC1. The highest BCUT2D eigenvalue weighted by Crippen LogP contribution is 2.25. The van der Waals surface area contributed by atoms with Gasteiger partial charge in [-0.2, -0.15) is 0 Å². The summed E-state index contributed by atoms with van der Waals surface area (Å²) in [6.07, 6.45) is 6.42. The predicted molar refractivity (Wildman–Crippen MR) is 77.5 cm³/mol. The number of methoxy groups -OCH3 is 2. The Labute approximate surface area is 125 Å². The van der Waals surface area contributed by atoms with E-state index in [-0.39, 0.29) is 5.70 Å². The van der Waals surface area contributed by atoms with Crippen LogP contribution in [0.25, 0.3) is 0 Å². The summed E-state index contributed by atoms with van der Waals surface area (Å²) in [6, 6.07) is 0.693. The van der Waals surface area contributed by atoms with Crippen LogP contribution in [0.3, 0.4) is 0 Å². The number of carbonyl (C=O) groups is 2. The number of carbonyl (C=O) groups excluding carboxylic acids is 2. The Morgan fingerprint density at radius 2 is 1.62 bits per heavy atom. The van der Waals surface area contributed by atoms with Gasteiger partial charge in [-0.25, -0.2) is 9.59 Å². The first-order valence-electron chi connectivity index (χ1n) is 7.52. The van der Waals surface area contributed by atoms with Gasteiger partial charge in [0.05, 0.1) is 20.3 Å². The van der Waals surface area contributed by atoms with Crippen LogP contribution >= 0.6 is 0 Å². The van der Waals surface area contributed by atoms with Gasteiger partial charge in [0.25, 0.3) is 0 Å². The van der Waals surface area contributed by atoms with Gasteiger partial charge in [-0.3, -0.25) is 4.90 Å². The Morgan fingerprint density at radius 1 is 1.00 bits per heavy atom. The molecule has 6 nitrogen and oxygen atoms in total. The third-order valence-electron chi connectivity index (χ3n) is 4.35. The molecule has 2 aliphatic rings. The molecule has 0 aromatic rings. The topological polar surface area (TPSA) is 59.1 Å². The van der Waals surface area contributed by atoms with Crippen molar-refractivity contribution in [1.82, 2.24) is 9.80 Å². The molecule has 1 saturated carbocycles. The fourth-order valence-electron chi connectivity index (χ4n) is 3.15. The highest BCUT2D eigenvalue weighted by Gasteiger charge is 2.29. The van der Waals surface area contributed by atoms with E-state index in [0.29, 0.717) is 6.04 Å². The number of esters is 2. The molecule has 1 aliphatic heterocycles. The molecule has 0 spiro atoms. The molecule has 1 heterocycles. The molecular formula is C15H24N2O4. The van der Waals surface area contributed by atoms with Crippen molar-refractivity contribution < 1.29 is 19.1 Å². The third-order valence-corrected chi connectivity index (χ3v) is 4.35. The quantitative estimate of drug-likeness (QED) is 0.564. The summed E-state index contributed by atoms with van der Waals surface area (Å²) in [7, 11) is 2.62. The molecule has 0 atom stereocenters. The lowest BCUT2D eigenvalue weighted by molar-refractivity contribution is -0.140. The average molecular weight is 296 g/mol. The molecule has 1 aliphatic carbocycles. The average Bonchev–Trinajstić information content (AvgIpc) is 3.06. The lowest BCUT2D eigenvalue weighted by Crippen LogP contribution is -2.50. The number of rotatable bonds is 4. The van der Waals surface area contributed by atoms with E-state index in [1.165, 1.54) is 46.0 Å². The van der Waals surface area contributed by atoms with E-state index in [0.717, 1.165) is 26.2 Å². The highest BCUT2D eigenvalue weighted by molar-refractivity contribution is 5.95. The molecule has 6 heteroatoms. The van der Waals surface area contributed by atoms with Crippen LogP contribution in [0, 0.1) is 0 Å². The van der Waals surface area contributed by atoms with Crippen LogP contribution < -0.4 is 0 Å². The molecule has 0 radical (unpaired) electrons. The van der Waals surface area contributed by atoms with Crippen molar-refractivity contribution in [2.45, 2.75) is 31.7 Å². The van der Waals surface area contributed by atoms with Crippen molar-refractivity contribution in [3.05, 3.63) is 11.8 Å². The molecule has 0 aromatic heterocycles. The van der Waals surface area contributed by atoms with Gasteiger partial charge in [-0.05, 0) is 12.8 Å². The van der Waals surface area contributed by atoms with Crippen molar-refractivity contribution in [3.8, 4) is 0 Å². The largest absolute Gasteiger partial charge is 0.466 e. The van der Waals surface area contributed by atoms with Crippen LogP contribution in [0.5, 0.6) is 0 Å². The summed E-state index contributed by atoms with van der Waals surface area (Å²) in [5, 5.41) is 0. The Balaban J connectivity index is 1.98.